The summed E-state index contributed by atoms with van der Waals surface area (Å²) in [4.78, 5) is 23.6. The zero-order valence-corrected chi connectivity index (χ0v) is 15.0. The first-order valence-electron chi connectivity index (χ1n) is 8.83. The van der Waals surface area contributed by atoms with E-state index in [0.29, 0.717) is 34.8 Å². The van der Waals surface area contributed by atoms with Crippen molar-refractivity contribution < 1.29 is 23.4 Å². The van der Waals surface area contributed by atoms with E-state index in [2.05, 4.69) is 5.32 Å². The van der Waals surface area contributed by atoms with Gasteiger partial charge in [0.05, 0.1) is 25.5 Å². The minimum atomic E-state index is -0.534. The molecule has 1 aromatic carbocycles. The van der Waals surface area contributed by atoms with Crippen LogP contribution in [0.4, 0.5) is 5.69 Å². The predicted molar refractivity (Wildman–Crippen MR) is 97.0 cm³/mol. The molecule has 0 amide bonds. The van der Waals surface area contributed by atoms with E-state index >= 15 is 0 Å². The quantitative estimate of drug-likeness (QED) is 0.599. The number of hydrogen-bond acceptors (Lipinski definition) is 7. The van der Waals surface area contributed by atoms with Crippen molar-refractivity contribution in [2.24, 2.45) is 0 Å². The topological polar surface area (TPSA) is 87.0 Å². The van der Waals surface area contributed by atoms with E-state index in [-0.39, 0.29) is 12.6 Å². The lowest BCUT2D eigenvalue weighted by Gasteiger charge is -2.18. The van der Waals surface area contributed by atoms with Gasteiger partial charge in [-0.3, -0.25) is 4.79 Å². The molecule has 0 atom stereocenters. The van der Waals surface area contributed by atoms with Crippen LogP contribution in [0.1, 0.15) is 32.6 Å². The first-order chi connectivity index (χ1) is 12.6. The van der Waals surface area contributed by atoms with Gasteiger partial charge in [0.15, 0.2) is 11.3 Å². The van der Waals surface area contributed by atoms with Crippen LogP contribution in [0.3, 0.4) is 0 Å². The molecule has 1 aromatic heterocycles. The molecular formula is C19H23NO6. The summed E-state index contributed by atoms with van der Waals surface area (Å²) >= 11 is 0. The number of ether oxygens (including phenoxy) is 3. The summed E-state index contributed by atoms with van der Waals surface area (Å²) in [7, 11) is 1.55. The van der Waals surface area contributed by atoms with Gasteiger partial charge in [-0.25, -0.2) is 4.79 Å². The van der Waals surface area contributed by atoms with Gasteiger partial charge in [0.2, 0.25) is 5.75 Å². The Morgan fingerprint density at radius 3 is 2.77 bits per heavy atom. The smallest absolute Gasteiger partial charge is 0.338 e. The second-order valence-corrected chi connectivity index (χ2v) is 6.14. The second-order valence-electron chi connectivity index (χ2n) is 6.14. The zero-order valence-electron chi connectivity index (χ0n) is 15.0. The van der Waals surface area contributed by atoms with Crippen LogP contribution in [0.5, 0.6) is 11.5 Å². The Morgan fingerprint density at radius 1 is 1.31 bits per heavy atom. The highest BCUT2D eigenvalue weighted by Gasteiger charge is 2.22. The molecule has 3 rings (SSSR count). The fourth-order valence-corrected chi connectivity index (χ4v) is 3.15. The minimum absolute atomic E-state index is 0.0444. The summed E-state index contributed by atoms with van der Waals surface area (Å²) in [6, 6.07) is 4.85. The van der Waals surface area contributed by atoms with Crippen molar-refractivity contribution in [3.8, 4) is 11.5 Å². The van der Waals surface area contributed by atoms with Crippen LogP contribution in [-0.2, 0) is 9.53 Å². The van der Waals surface area contributed by atoms with E-state index in [1.807, 2.05) is 0 Å². The highest BCUT2D eigenvalue weighted by molar-refractivity contribution is 5.95. The average Bonchev–Trinajstić information content (AvgIpc) is 3.13. The molecule has 0 radical (unpaired) electrons. The van der Waals surface area contributed by atoms with Crippen molar-refractivity contribution in [2.75, 3.05) is 25.6 Å². The Bertz CT molecular complexity index is 838. The lowest BCUT2D eigenvalue weighted by molar-refractivity contribution is -0.140. The SMILES string of the molecule is CCOC(=O)CNc1cc(=O)oc2c(OC3CCCC3)c(OC)ccc12. The van der Waals surface area contributed by atoms with E-state index in [0.717, 1.165) is 25.7 Å². The molecule has 1 N–H and O–H groups in total. The van der Waals surface area contributed by atoms with Crippen LogP contribution in [0.25, 0.3) is 11.0 Å². The second kappa shape index (κ2) is 8.12. The van der Waals surface area contributed by atoms with Gasteiger partial charge >= 0.3 is 11.6 Å². The molecular weight excluding hydrogens is 338 g/mol. The van der Waals surface area contributed by atoms with E-state index in [1.165, 1.54) is 6.07 Å². The molecule has 1 heterocycles. The number of methoxy groups -OCH3 is 1. The number of carbonyl (C=O) groups is 1. The third kappa shape index (κ3) is 3.92. The first-order valence-corrected chi connectivity index (χ1v) is 8.83. The Morgan fingerprint density at radius 2 is 2.08 bits per heavy atom. The summed E-state index contributed by atoms with van der Waals surface area (Å²) in [6.07, 6.45) is 4.24. The highest BCUT2D eigenvalue weighted by Crippen LogP contribution is 2.39. The normalized spacial score (nSPS) is 14.4. The monoisotopic (exact) mass is 361 g/mol. The number of esters is 1. The van der Waals surface area contributed by atoms with Crippen LogP contribution < -0.4 is 20.4 Å². The summed E-state index contributed by atoms with van der Waals surface area (Å²) < 4.78 is 21.8. The fraction of sp³-hybridized carbons (Fsp3) is 0.474. The van der Waals surface area contributed by atoms with Crippen molar-refractivity contribution in [2.45, 2.75) is 38.7 Å². The number of nitrogens with one attached hydrogen (secondary N) is 1. The summed E-state index contributed by atoms with van der Waals surface area (Å²) in [6.45, 7) is 2.00. The standard InChI is InChI=1S/C19H23NO6/c1-3-24-17(22)11-20-14-10-16(21)26-18-13(14)8-9-15(23-2)19(18)25-12-6-4-5-7-12/h8-10,12,20H,3-7,11H2,1-2H3. The van der Waals surface area contributed by atoms with Crippen molar-refractivity contribution in [3.05, 3.63) is 28.6 Å². The average molecular weight is 361 g/mol. The van der Waals surface area contributed by atoms with Crippen LogP contribution in [0.15, 0.2) is 27.4 Å². The molecule has 1 saturated carbocycles. The van der Waals surface area contributed by atoms with Gasteiger partial charge in [-0.1, -0.05) is 0 Å². The van der Waals surface area contributed by atoms with Gasteiger partial charge in [-0.2, -0.15) is 0 Å². The van der Waals surface area contributed by atoms with Crippen LogP contribution in [-0.4, -0.2) is 32.3 Å². The van der Waals surface area contributed by atoms with Gasteiger partial charge in [-0.05, 0) is 44.7 Å². The molecule has 0 aliphatic heterocycles. The van der Waals surface area contributed by atoms with Crippen molar-refractivity contribution >= 4 is 22.6 Å². The third-order valence-corrected chi connectivity index (χ3v) is 4.37. The first kappa shape index (κ1) is 18.1. The third-order valence-electron chi connectivity index (χ3n) is 4.37. The van der Waals surface area contributed by atoms with Crippen LogP contribution >= 0.6 is 0 Å². The van der Waals surface area contributed by atoms with E-state index in [1.54, 1.807) is 26.2 Å². The van der Waals surface area contributed by atoms with Crippen molar-refractivity contribution in [3.63, 3.8) is 0 Å². The maximum Gasteiger partial charge on any atom is 0.338 e. The number of rotatable bonds is 7. The summed E-state index contributed by atoms with van der Waals surface area (Å²) in [5.74, 6) is 0.536. The largest absolute Gasteiger partial charge is 0.493 e. The van der Waals surface area contributed by atoms with Gasteiger partial charge < -0.3 is 23.9 Å². The maximum absolute atomic E-state index is 12.0. The van der Waals surface area contributed by atoms with E-state index < -0.39 is 11.6 Å². The Balaban J connectivity index is 1.99. The van der Waals surface area contributed by atoms with Gasteiger partial charge in [0.1, 0.15) is 6.54 Å². The van der Waals surface area contributed by atoms with Gasteiger partial charge in [0, 0.05) is 11.5 Å². The zero-order chi connectivity index (χ0) is 18.5. The molecule has 0 saturated heterocycles. The number of hydrogen-bond donors (Lipinski definition) is 1. The molecule has 1 fully saturated rings. The Labute approximate surface area is 151 Å². The number of anilines is 1. The molecule has 1 aliphatic carbocycles. The highest BCUT2D eigenvalue weighted by atomic mass is 16.5. The van der Waals surface area contributed by atoms with Crippen LogP contribution in [0, 0.1) is 0 Å². The van der Waals surface area contributed by atoms with E-state index in [9.17, 15) is 9.59 Å². The number of benzene rings is 1. The van der Waals surface area contributed by atoms with Crippen LogP contribution in [0.2, 0.25) is 0 Å². The Kier molecular flexibility index (Phi) is 5.65. The molecule has 7 heteroatoms. The molecule has 0 bridgehead atoms. The number of carbonyl (C=O) groups excluding carboxylic acids is 1. The Hall–Kier alpha value is -2.70. The van der Waals surface area contributed by atoms with Gasteiger partial charge in [0.25, 0.3) is 0 Å². The lowest BCUT2D eigenvalue weighted by Crippen LogP contribution is -2.18. The minimum Gasteiger partial charge on any atom is -0.493 e. The molecule has 140 valence electrons. The van der Waals surface area contributed by atoms with Gasteiger partial charge in [-0.15, -0.1) is 0 Å². The summed E-state index contributed by atoms with van der Waals surface area (Å²) in [5, 5.41) is 3.58. The molecule has 0 spiro atoms. The predicted octanol–water partition coefficient (Wildman–Crippen LogP) is 3.10. The maximum atomic E-state index is 12.0. The summed E-state index contributed by atoms with van der Waals surface area (Å²) in [5.41, 5.74) is 0.270. The molecule has 26 heavy (non-hydrogen) atoms. The molecule has 0 unspecified atom stereocenters. The lowest BCUT2D eigenvalue weighted by atomic mass is 10.1. The molecule has 2 aromatic rings. The van der Waals surface area contributed by atoms with Crippen molar-refractivity contribution in [1.29, 1.82) is 0 Å². The van der Waals surface area contributed by atoms with Crippen molar-refractivity contribution in [1.82, 2.24) is 0 Å². The fourth-order valence-electron chi connectivity index (χ4n) is 3.15. The molecule has 1 aliphatic rings. The molecule has 7 nitrogen and oxygen atoms in total. The van der Waals surface area contributed by atoms with E-state index in [4.69, 9.17) is 18.6 Å². The number of fused-ring (bicyclic) bond motifs is 1.